The van der Waals surface area contributed by atoms with Gasteiger partial charge in [-0.3, -0.25) is 4.79 Å². The van der Waals surface area contributed by atoms with Crippen LogP contribution in [0.2, 0.25) is 0 Å². The number of hydrogen-bond donors (Lipinski definition) is 2. The second kappa shape index (κ2) is 19.8. The molecule has 0 spiro atoms. The molecule has 2 N–H and O–H groups in total. The molecule has 1 atom stereocenters. The number of hydrogen-bond acceptors (Lipinski definition) is 3. The number of amides is 1. The molecule has 0 aliphatic carbocycles. The topological polar surface area (TPSA) is 75.6 Å². The van der Waals surface area contributed by atoms with Crippen LogP contribution in [0.4, 0.5) is 0 Å². The molecule has 148 valence electrons. The predicted molar refractivity (Wildman–Crippen MR) is 103 cm³/mol. The largest absolute Gasteiger partial charge is 0.696 e. The molecule has 0 aromatic rings. The third-order valence-electron chi connectivity index (χ3n) is 4.45. The first-order valence-corrected chi connectivity index (χ1v) is 11.4. The van der Waals surface area contributed by atoms with Crippen molar-refractivity contribution in [1.29, 1.82) is 0 Å². The molecule has 0 bridgehead atoms. The molecule has 0 fully saturated rings. The molecular formula is C19H39NO4P+. The lowest BCUT2D eigenvalue weighted by Gasteiger charge is -2.04. The Kier molecular flexibility index (Phi) is 19.4. The molecule has 0 rings (SSSR count). The minimum atomic E-state index is -2.63. The molecule has 0 aliphatic rings. The van der Waals surface area contributed by atoms with Gasteiger partial charge in [-0.25, -0.2) is 0 Å². The molecule has 0 heterocycles. The highest BCUT2D eigenvalue weighted by atomic mass is 31.1. The minimum Gasteiger partial charge on any atom is -0.329 e. The lowest BCUT2D eigenvalue weighted by Crippen LogP contribution is -2.24. The van der Waals surface area contributed by atoms with E-state index in [0.29, 0.717) is 6.42 Å². The quantitative estimate of drug-likeness (QED) is 0.165. The summed E-state index contributed by atoms with van der Waals surface area (Å²) in [7, 11) is -2.63. The molecule has 0 aliphatic heterocycles. The molecule has 0 aromatic heterocycles. The van der Waals surface area contributed by atoms with Crippen molar-refractivity contribution in [2.24, 2.45) is 0 Å². The molecule has 1 unspecified atom stereocenters. The zero-order valence-corrected chi connectivity index (χ0v) is 17.0. The van der Waals surface area contributed by atoms with E-state index in [-0.39, 0.29) is 12.6 Å². The van der Waals surface area contributed by atoms with Gasteiger partial charge in [0.05, 0.1) is 0 Å². The van der Waals surface area contributed by atoms with Crippen LogP contribution < -0.4 is 5.32 Å². The van der Waals surface area contributed by atoms with Crippen molar-refractivity contribution in [3.05, 3.63) is 0 Å². The summed E-state index contributed by atoms with van der Waals surface area (Å²) in [6.07, 6.45) is 20.0. The van der Waals surface area contributed by atoms with Gasteiger partial charge in [0.1, 0.15) is 0 Å². The van der Waals surface area contributed by atoms with Gasteiger partial charge in [-0.1, -0.05) is 101 Å². The van der Waals surface area contributed by atoms with Gasteiger partial charge >= 0.3 is 8.25 Å². The predicted octanol–water partition coefficient (Wildman–Crippen LogP) is 5.99. The Morgan fingerprint density at radius 2 is 1.20 bits per heavy atom. The van der Waals surface area contributed by atoms with E-state index in [9.17, 15) is 9.36 Å². The zero-order chi connectivity index (χ0) is 18.6. The summed E-state index contributed by atoms with van der Waals surface area (Å²) in [5, 5.41) is 2.46. The Labute approximate surface area is 155 Å². The Bertz CT molecular complexity index is 327. The van der Waals surface area contributed by atoms with Crippen molar-refractivity contribution >= 4 is 14.2 Å². The summed E-state index contributed by atoms with van der Waals surface area (Å²) < 4.78 is 14.6. The second-order valence-electron chi connectivity index (χ2n) is 6.81. The van der Waals surface area contributed by atoms with Gasteiger partial charge in [0.2, 0.25) is 5.91 Å². The molecule has 0 saturated carbocycles. The Hall–Kier alpha value is -0.510. The van der Waals surface area contributed by atoms with Gasteiger partial charge in [0.25, 0.3) is 0 Å². The van der Waals surface area contributed by atoms with Gasteiger partial charge in [0.15, 0.2) is 6.73 Å². The van der Waals surface area contributed by atoms with Crippen molar-refractivity contribution < 1.29 is 18.8 Å². The molecule has 1 amide bonds. The maximum Gasteiger partial charge on any atom is 0.696 e. The molecule has 5 nitrogen and oxygen atoms in total. The van der Waals surface area contributed by atoms with Gasteiger partial charge in [-0.05, 0) is 6.42 Å². The van der Waals surface area contributed by atoms with Crippen LogP contribution in [0.25, 0.3) is 0 Å². The molecule has 0 radical (unpaired) electrons. The maximum atomic E-state index is 11.4. The average Bonchev–Trinajstić information content (AvgIpc) is 2.58. The summed E-state index contributed by atoms with van der Waals surface area (Å²) in [5.41, 5.74) is 0. The van der Waals surface area contributed by atoms with E-state index in [2.05, 4.69) is 16.8 Å². The average molecular weight is 376 g/mol. The van der Waals surface area contributed by atoms with Crippen molar-refractivity contribution in [2.75, 3.05) is 6.73 Å². The van der Waals surface area contributed by atoms with Crippen LogP contribution in [-0.2, 0) is 13.9 Å². The van der Waals surface area contributed by atoms with Gasteiger partial charge < -0.3 is 5.32 Å². The minimum absolute atomic E-state index is 0.119. The van der Waals surface area contributed by atoms with Crippen LogP contribution in [0.5, 0.6) is 0 Å². The lowest BCUT2D eigenvalue weighted by atomic mass is 10.0. The monoisotopic (exact) mass is 376 g/mol. The smallest absolute Gasteiger partial charge is 0.329 e. The maximum absolute atomic E-state index is 11.4. The first-order valence-electron chi connectivity index (χ1n) is 10.2. The van der Waals surface area contributed by atoms with Gasteiger partial charge in [0, 0.05) is 11.0 Å². The van der Waals surface area contributed by atoms with Crippen molar-refractivity contribution in [1.82, 2.24) is 5.32 Å². The summed E-state index contributed by atoms with van der Waals surface area (Å²) in [6, 6.07) is 0. The fourth-order valence-electron chi connectivity index (χ4n) is 2.91. The Balaban J connectivity index is 3.11. The van der Waals surface area contributed by atoms with E-state index >= 15 is 0 Å². The number of carbonyl (C=O) groups is 1. The highest BCUT2D eigenvalue weighted by Crippen LogP contribution is 2.14. The summed E-state index contributed by atoms with van der Waals surface area (Å²) in [4.78, 5) is 19.8. The lowest BCUT2D eigenvalue weighted by molar-refractivity contribution is -0.122. The first-order chi connectivity index (χ1) is 12.2. The second-order valence-corrected chi connectivity index (χ2v) is 7.54. The molecule has 0 saturated heterocycles. The number of nitrogens with one attached hydrogen (secondary N) is 1. The Morgan fingerprint density at radius 3 is 1.60 bits per heavy atom. The normalized spacial score (nSPS) is 11.5. The van der Waals surface area contributed by atoms with E-state index in [1.54, 1.807) is 0 Å². The highest BCUT2D eigenvalue weighted by Gasteiger charge is 2.11. The van der Waals surface area contributed by atoms with Crippen molar-refractivity contribution in [2.45, 2.75) is 110 Å². The Morgan fingerprint density at radius 1 is 0.800 bits per heavy atom. The SMILES string of the molecule is CCCCCCCCCCCCCCCCCC(=O)NCO[P+](=O)O. The molecule has 6 heteroatoms. The summed E-state index contributed by atoms with van der Waals surface area (Å²) >= 11 is 0. The number of unbranched alkanes of at least 4 members (excludes halogenated alkanes) is 14. The van der Waals surface area contributed by atoms with Crippen LogP contribution in [0, 0.1) is 0 Å². The van der Waals surface area contributed by atoms with E-state index in [1.165, 1.54) is 83.5 Å². The van der Waals surface area contributed by atoms with Crippen LogP contribution in [0.15, 0.2) is 0 Å². The van der Waals surface area contributed by atoms with Crippen LogP contribution in [0.1, 0.15) is 110 Å². The van der Waals surface area contributed by atoms with Crippen LogP contribution >= 0.6 is 8.25 Å². The van der Waals surface area contributed by atoms with Crippen molar-refractivity contribution in [3.8, 4) is 0 Å². The summed E-state index contributed by atoms with van der Waals surface area (Å²) in [6.45, 7) is 2.07. The van der Waals surface area contributed by atoms with Crippen LogP contribution in [0.3, 0.4) is 0 Å². The third-order valence-corrected chi connectivity index (χ3v) is 4.80. The standard InChI is InChI=1S/C19H38NO4P/c1-2-3-4-5-6-7-8-9-10-11-12-13-14-15-16-17-19(21)20-18-24-25(22)23/h2-18H2,1H3,(H-,20,21,22,23)/p+1. The van der Waals surface area contributed by atoms with Gasteiger partial charge in [-0.2, -0.15) is 0 Å². The first kappa shape index (κ1) is 24.5. The molecular weight excluding hydrogens is 337 g/mol. The van der Waals surface area contributed by atoms with Crippen LogP contribution in [-0.4, -0.2) is 17.5 Å². The van der Waals surface area contributed by atoms with E-state index in [4.69, 9.17) is 4.89 Å². The fraction of sp³-hybridized carbons (Fsp3) is 0.947. The van der Waals surface area contributed by atoms with Crippen molar-refractivity contribution in [3.63, 3.8) is 0 Å². The van der Waals surface area contributed by atoms with E-state index < -0.39 is 8.25 Å². The molecule has 25 heavy (non-hydrogen) atoms. The fourth-order valence-corrected chi connectivity index (χ4v) is 3.09. The zero-order valence-electron chi connectivity index (χ0n) is 16.1. The highest BCUT2D eigenvalue weighted by molar-refractivity contribution is 7.32. The van der Waals surface area contributed by atoms with Gasteiger partial charge in [-0.15, -0.1) is 4.89 Å². The van der Waals surface area contributed by atoms with E-state index in [0.717, 1.165) is 12.8 Å². The third kappa shape index (κ3) is 21.4. The number of carbonyl (C=O) groups excluding carboxylic acids is 1. The van der Waals surface area contributed by atoms with E-state index in [1.807, 2.05) is 0 Å². The summed E-state index contributed by atoms with van der Waals surface area (Å²) in [5.74, 6) is -0.119. The molecule has 0 aromatic carbocycles. The number of rotatable bonds is 19.